The summed E-state index contributed by atoms with van der Waals surface area (Å²) in [5.74, 6) is -1.69. The Morgan fingerprint density at radius 2 is 1.53 bits per heavy atom. The Morgan fingerprint density at radius 3 is 2.28 bits per heavy atom. The molecule has 0 aliphatic heterocycles. The molecule has 1 atom stereocenters. The van der Waals surface area contributed by atoms with Gasteiger partial charge in [0.1, 0.15) is 0 Å². The third kappa shape index (κ3) is 8.12. The van der Waals surface area contributed by atoms with Crippen LogP contribution in [0.3, 0.4) is 0 Å². The van der Waals surface area contributed by atoms with Crippen LogP contribution in [0.4, 0.5) is 0 Å². The number of benzene rings is 4. The number of pyridine rings is 1. The van der Waals surface area contributed by atoms with Crippen molar-refractivity contribution >= 4 is 52.4 Å². The zero-order valence-corrected chi connectivity index (χ0v) is 27.1. The Balaban J connectivity index is 1.45. The summed E-state index contributed by atoms with van der Waals surface area (Å²) in [6, 6.07) is 30.6. The third-order valence-electron chi connectivity index (χ3n) is 8.14. The summed E-state index contributed by atoms with van der Waals surface area (Å²) in [4.78, 5) is 45.3. The number of nitrogens with one attached hydrogen (secondary N) is 1. The van der Waals surface area contributed by atoms with E-state index in [0.717, 1.165) is 33.3 Å². The molecule has 8 heteroatoms. The van der Waals surface area contributed by atoms with Crippen molar-refractivity contribution in [2.24, 2.45) is 0 Å². The second-order valence-corrected chi connectivity index (χ2v) is 11.6. The molecule has 4 aromatic carbocycles. The molecular formula is C39H36ClN3O4. The van der Waals surface area contributed by atoms with Crippen molar-refractivity contribution < 1.29 is 19.5 Å². The predicted molar refractivity (Wildman–Crippen MR) is 188 cm³/mol. The number of hydrogen-bond donors (Lipinski definition) is 2. The van der Waals surface area contributed by atoms with E-state index in [9.17, 15) is 19.5 Å². The van der Waals surface area contributed by atoms with E-state index in [4.69, 9.17) is 16.6 Å². The van der Waals surface area contributed by atoms with Gasteiger partial charge in [0.2, 0.25) is 0 Å². The lowest BCUT2D eigenvalue weighted by molar-refractivity contribution is 0.0689. The van der Waals surface area contributed by atoms with Crippen LogP contribution in [0, 0.1) is 0 Å². The highest BCUT2D eigenvalue weighted by atomic mass is 35.5. The highest BCUT2D eigenvalue weighted by Crippen LogP contribution is 2.25. The lowest BCUT2D eigenvalue weighted by Crippen LogP contribution is -2.32. The first kappa shape index (κ1) is 33.1. The van der Waals surface area contributed by atoms with Crippen molar-refractivity contribution in [2.75, 3.05) is 13.1 Å². The molecule has 0 unspecified atom stereocenters. The molecule has 0 aliphatic carbocycles. The van der Waals surface area contributed by atoms with Crippen molar-refractivity contribution in [1.29, 1.82) is 0 Å². The van der Waals surface area contributed by atoms with Gasteiger partial charge in [-0.1, -0.05) is 78.3 Å². The molecule has 0 saturated heterocycles. The van der Waals surface area contributed by atoms with Crippen LogP contribution in [0.1, 0.15) is 79.8 Å². The highest BCUT2D eigenvalue weighted by Gasteiger charge is 2.22. The maximum atomic E-state index is 13.6. The minimum atomic E-state index is -1.17. The summed E-state index contributed by atoms with van der Waals surface area (Å²) >= 11 is 6.17. The van der Waals surface area contributed by atoms with Gasteiger partial charge in [-0.25, -0.2) is 9.78 Å². The number of aryl methyl sites for hydroxylation is 1. The van der Waals surface area contributed by atoms with E-state index in [1.54, 1.807) is 17.0 Å². The fourth-order valence-corrected chi connectivity index (χ4v) is 5.78. The van der Waals surface area contributed by atoms with Crippen LogP contribution < -0.4 is 5.32 Å². The number of rotatable bonds is 12. The summed E-state index contributed by atoms with van der Waals surface area (Å²) in [7, 11) is 0. The van der Waals surface area contributed by atoms with E-state index < -0.39 is 17.9 Å². The first-order valence-electron chi connectivity index (χ1n) is 15.6. The monoisotopic (exact) mass is 645 g/mol. The van der Waals surface area contributed by atoms with Crippen LogP contribution in [0.25, 0.3) is 23.1 Å². The van der Waals surface area contributed by atoms with Crippen molar-refractivity contribution in [3.8, 4) is 0 Å². The number of carboxylic acids is 1. The van der Waals surface area contributed by atoms with Crippen molar-refractivity contribution in [3.05, 3.63) is 147 Å². The number of carbonyl (C=O) groups is 3. The van der Waals surface area contributed by atoms with Crippen LogP contribution in [-0.2, 0) is 6.42 Å². The van der Waals surface area contributed by atoms with Crippen LogP contribution in [0.15, 0.2) is 103 Å². The van der Waals surface area contributed by atoms with E-state index in [2.05, 4.69) is 5.32 Å². The highest BCUT2D eigenvalue weighted by molar-refractivity contribution is 6.31. The zero-order chi connectivity index (χ0) is 33.3. The van der Waals surface area contributed by atoms with Crippen molar-refractivity contribution in [3.63, 3.8) is 0 Å². The molecule has 0 radical (unpaired) electrons. The Hall–Kier alpha value is -5.27. The van der Waals surface area contributed by atoms with Gasteiger partial charge in [-0.3, -0.25) is 9.59 Å². The van der Waals surface area contributed by atoms with Gasteiger partial charge in [0, 0.05) is 29.1 Å². The van der Waals surface area contributed by atoms with Crippen LogP contribution in [0.5, 0.6) is 0 Å². The average molecular weight is 646 g/mol. The van der Waals surface area contributed by atoms with Gasteiger partial charge in [-0.05, 0) is 91.9 Å². The molecule has 5 rings (SSSR count). The van der Waals surface area contributed by atoms with Crippen molar-refractivity contribution in [1.82, 2.24) is 15.2 Å². The fourth-order valence-electron chi connectivity index (χ4n) is 5.61. The van der Waals surface area contributed by atoms with Gasteiger partial charge in [0.25, 0.3) is 11.8 Å². The molecule has 0 saturated carbocycles. The quantitative estimate of drug-likeness (QED) is 0.142. The number of halogens is 1. The number of carboxylic acid groups (broad SMARTS) is 1. The number of fused-ring (bicyclic) bond motifs is 1. The number of amides is 2. The molecule has 238 valence electrons. The maximum Gasteiger partial charge on any atom is 0.336 e. The lowest BCUT2D eigenvalue weighted by atomic mass is 9.94. The molecule has 2 N–H and O–H groups in total. The number of hydrogen-bond acceptors (Lipinski definition) is 4. The number of nitrogens with zero attached hydrogens (tertiary/aromatic N) is 2. The predicted octanol–water partition coefficient (Wildman–Crippen LogP) is 8.34. The smallest absolute Gasteiger partial charge is 0.336 e. The molecule has 7 nitrogen and oxygen atoms in total. The second kappa shape index (κ2) is 15.3. The van der Waals surface area contributed by atoms with E-state index in [-0.39, 0.29) is 17.0 Å². The van der Waals surface area contributed by atoms with Crippen molar-refractivity contribution in [2.45, 2.75) is 32.7 Å². The van der Waals surface area contributed by atoms with Gasteiger partial charge in [0.05, 0.1) is 28.4 Å². The molecule has 1 aromatic heterocycles. The van der Waals surface area contributed by atoms with Gasteiger partial charge in [-0.15, -0.1) is 0 Å². The van der Waals surface area contributed by atoms with Crippen LogP contribution >= 0.6 is 11.6 Å². The van der Waals surface area contributed by atoms with Crippen LogP contribution in [0.2, 0.25) is 5.02 Å². The van der Waals surface area contributed by atoms with Gasteiger partial charge in [0.15, 0.2) is 0 Å². The minimum absolute atomic E-state index is 0.0294. The van der Waals surface area contributed by atoms with E-state index >= 15 is 0 Å². The summed E-state index contributed by atoms with van der Waals surface area (Å²) in [6.45, 7) is 5.12. The summed E-state index contributed by atoms with van der Waals surface area (Å²) in [5.41, 5.74) is 4.86. The molecular weight excluding hydrogens is 610 g/mol. The maximum absolute atomic E-state index is 13.6. The second-order valence-electron chi connectivity index (χ2n) is 11.1. The number of aromatic nitrogens is 1. The zero-order valence-electron chi connectivity index (χ0n) is 26.3. The van der Waals surface area contributed by atoms with E-state index in [1.165, 1.54) is 12.1 Å². The average Bonchev–Trinajstić information content (AvgIpc) is 3.09. The summed E-state index contributed by atoms with van der Waals surface area (Å²) < 4.78 is 0. The Labute approximate surface area is 279 Å². The van der Waals surface area contributed by atoms with E-state index in [0.29, 0.717) is 36.5 Å². The third-order valence-corrected chi connectivity index (χ3v) is 8.38. The number of carbonyl (C=O) groups excluding carboxylic acids is 2. The SMILES string of the molecule is CCN(CC)C(=O)c1ccccc1CC[C@H](NC(=O)c1ccccc1C(=O)O)c1cccc(/C=C/c2ccc3ccc(Cl)cc3n2)c1. The topological polar surface area (TPSA) is 99.6 Å². The first-order chi connectivity index (χ1) is 22.8. The largest absolute Gasteiger partial charge is 0.478 e. The molecule has 2 amide bonds. The Morgan fingerprint density at radius 1 is 0.830 bits per heavy atom. The Kier molecular flexibility index (Phi) is 10.8. The van der Waals surface area contributed by atoms with Gasteiger partial charge in [-0.2, -0.15) is 0 Å². The molecule has 1 heterocycles. The van der Waals surface area contributed by atoms with Crippen LogP contribution in [-0.4, -0.2) is 45.9 Å². The molecule has 0 fully saturated rings. The Bertz CT molecular complexity index is 1950. The first-order valence-corrected chi connectivity index (χ1v) is 16.0. The summed E-state index contributed by atoms with van der Waals surface area (Å²) in [6.07, 6.45) is 4.87. The summed E-state index contributed by atoms with van der Waals surface area (Å²) in [5, 5.41) is 14.4. The fraction of sp³-hybridized carbons (Fsp3) is 0.179. The molecule has 47 heavy (non-hydrogen) atoms. The normalized spacial score (nSPS) is 11.8. The molecule has 0 bridgehead atoms. The van der Waals surface area contributed by atoms with Gasteiger partial charge < -0.3 is 15.3 Å². The van der Waals surface area contributed by atoms with Gasteiger partial charge >= 0.3 is 5.97 Å². The minimum Gasteiger partial charge on any atom is -0.478 e. The molecule has 0 spiro atoms. The number of aromatic carboxylic acids is 1. The standard InChI is InChI=1S/C39H36ClN3O4/c1-3-43(4-2)38(45)32-13-6-5-11-27(32)19-23-35(42-37(44)33-14-7-8-15-34(33)39(46)47)29-12-9-10-26(24-29)16-21-31-22-18-28-17-20-30(40)25-36(28)41-31/h5-18,20-22,24-25,35H,3-4,19,23H2,1-2H3,(H,42,44)(H,46,47)/b21-16+/t35-/m0/s1. The molecule has 0 aliphatic rings. The molecule has 5 aromatic rings. The van der Waals surface area contributed by atoms with E-state index in [1.807, 2.05) is 105 Å². The lowest BCUT2D eigenvalue weighted by Gasteiger charge is -2.23.